The number of amides is 1. The number of fused-ring (bicyclic) bond motifs is 1. The summed E-state index contributed by atoms with van der Waals surface area (Å²) in [6, 6.07) is 20.2. The summed E-state index contributed by atoms with van der Waals surface area (Å²) >= 11 is 0. The fourth-order valence-corrected chi connectivity index (χ4v) is 5.28. The van der Waals surface area contributed by atoms with Gasteiger partial charge in [0, 0.05) is 13.0 Å². The summed E-state index contributed by atoms with van der Waals surface area (Å²) in [5.41, 5.74) is 2.76. The summed E-state index contributed by atoms with van der Waals surface area (Å²) < 4.78 is 41.5. The minimum absolute atomic E-state index is 0.149. The number of halogens is 1. The second-order valence-electron chi connectivity index (χ2n) is 7.48. The molecule has 1 aliphatic rings. The number of carbonyl (C=O) groups excluding carboxylic acids is 1. The zero-order valence-corrected chi connectivity index (χ0v) is 17.7. The third-order valence-electron chi connectivity index (χ3n) is 5.37. The van der Waals surface area contributed by atoms with Crippen LogP contribution >= 0.6 is 0 Å². The van der Waals surface area contributed by atoms with Crippen molar-refractivity contribution in [1.29, 1.82) is 0 Å². The van der Waals surface area contributed by atoms with E-state index in [2.05, 4.69) is 5.32 Å². The predicted molar refractivity (Wildman–Crippen MR) is 119 cm³/mol. The van der Waals surface area contributed by atoms with Gasteiger partial charge in [0.2, 0.25) is 5.91 Å². The summed E-state index contributed by atoms with van der Waals surface area (Å²) in [5.74, 6) is -0.781. The Morgan fingerprint density at radius 3 is 2.45 bits per heavy atom. The Hall–Kier alpha value is -3.19. The van der Waals surface area contributed by atoms with Gasteiger partial charge in [-0.05, 0) is 60.7 Å². The highest BCUT2D eigenvalue weighted by molar-refractivity contribution is 7.92. The highest BCUT2D eigenvalue weighted by Crippen LogP contribution is 2.31. The van der Waals surface area contributed by atoms with Gasteiger partial charge in [-0.1, -0.05) is 42.5 Å². The fraction of sp³-hybridized carbons (Fsp3) is 0.208. The van der Waals surface area contributed by atoms with Gasteiger partial charge in [-0.15, -0.1) is 0 Å². The van der Waals surface area contributed by atoms with Crippen molar-refractivity contribution in [2.45, 2.75) is 30.6 Å². The van der Waals surface area contributed by atoms with Crippen LogP contribution in [-0.2, 0) is 27.7 Å². The lowest BCUT2D eigenvalue weighted by atomic mass is 10.0. The van der Waals surface area contributed by atoms with Gasteiger partial charge in [-0.25, -0.2) is 12.8 Å². The molecule has 1 amide bonds. The molecular weight excluding hydrogens is 415 g/mol. The van der Waals surface area contributed by atoms with Crippen molar-refractivity contribution in [3.63, 3.8) is 0 Å². The predicted octanol–water partition coefficient (Wildman–Crippen LogP) is 4.54. The Bertz CT molecular complexity index is 1190. The van der Waals surface area contributed by atoms with E-state index in [9.17, 15) is 17.6 Å². The van der Waals surface area contributed by atoms with Gasteiger partial charge in [-0.2, -0.15) is 0 Å². The van der Waals surface area contributed by atoms with E-state index in [-0.39, 0.29) is 22.9 Å². The molecule has 0 radical (unpaired) electrons. The molecule has 3 aromatic carbocycles. The molecule has 0 aromatic heterocycles. The first kappa shape index (κ1) is 21.1. The van der Waals surface area contributed by atoms with E-state index >= 15 is 0 Å². The molecule has 3 aromatic rings. The number of rotatable bonds is 6. The van der Waals surface area contributed by atoms with Crippen LogP contribution in [0.5, 0.6) is 0 Å². The largest absolute Gasteiger partial charge is 0.324 e. The smallest absolute Gasteiger partial charge is 0.264 e. The van der Waals surface area contributed by atoms with Crippen LogP contribution in [0.25, 0.3) is 0 Å². The van der Waals surface area contributed by atoms with E-state index in [1.165, 1.54) is 16.4 Å². The van der Waals surface area contributed by atoms with Gasteiger partial charge in [0.15, 0.2) is 0 Å². The van der Waals surface area contributed by atoms with Crippen molar-refractivity contribution in [2.75, 3.05) is 16.2 Å². The number of aryl methyl sites for hydroxylation is 2. The Kier molecular flexibility index (Phi) is 6.04. The summed E-state index contributed by atoms with van der Waals surface area (Å²) in [6.45, 7) is 0.456. The Balaban J connectivity index is 1.42. The minimum atomic E-state index is -3.66. The highest BCUT2D eigenvalue weighted by atomic mass is 32.2. The minimum Gasteiger partial charge on any atom is -0.324 e. The molecule has 0 atom stereocenters. The van der Waals surface area contributed by atoms with Crippen LogP contribution in [0.3, 0.4) is 0 Å². The van der Waals surface area contributed by atoms with Crippen LogP contribution in [0.2, 0.25) is 0 Å². The second kappa shape index (κ2) is 8.89. The number of para-hydroxylation sites is 2. The lowest BCUT2D eigenvalue weighted by Crippen LogP contribution is -2.35. The van der Waals surface area contributed by atoms with Gasteiger partial charge in [0.1, 0.15) is 5.82 Å². The normalized spacial score (nSPS) is 13.5. The summed E-state index contributed by atoms with van der Waals surface area (Å²) in [6.07, 6.45) is 2.24. The molecule has 1 heterocycles. The third kappa shape index (κ3) is 4.61. The Morgan fingerprint density at radius 1 is 0.968 bits per heavy atom. The van der Waals surface area contributed by atoms with Crippen LogP contribution in [-0.4, -0.2) is 20.9 Å². The lowest BCUT2D eigenvalue weighted by molar-refractivity contribution is -0.116. The molecule has 0 bridgehead atoms. The van der Waals surface area contributed by atoms with Gasteiger partial charge >= 0.3 is 0 Å². The van der Waals surface area contributed by atoms with E-state index in [1.807, 2.05) is 24.3 Å². The fourth-order valence-electron chi connectivity index (χ4n) is 3.74. The third-order valence-corrected chi connectivity index (χ3v) is 7.20. The molecule has 4 rings (SSSR count). The van der Waals surface area contributed by atoms with Crippen molar-refractivity contribution in [2.24, 2.45) is 0 Å². The number of sulfonamides is 1. The molecular formula is C24H23FN2O3S. The number of anilines is 2. The van der Waals surface area contributed by atoms with E-state index in [0.29, 0.717) is 13.0 Å². The van der Waals surface area contributed by atoms with Crippen LogP contribution < -0.4 is 9.62 Å². The molecule has 0 saturated carbocycles. The first-order valence-electron chi connectivity index (χ1n) is 10.2. The molecule has 5 nitrogen and oxygen atoms in total. The quantitative estimate of drug-likeness (QED) is 0.615. The van der Waals surface area contributed by atoms with Crippen molar-refractivity contribution in [3.8, 4) is 0 Å². The number of hydrogen-bond acceptors (Lipinski definition) is 3. The van der Waals surface area contributed by atoms with Crippen molar-refractivity contribution in [3.05, 3.63) is 89.7 Å². The highest BCUT2D eigenvalue weighted by Gasteiger charge is 2.28. The molecule has 7 heteroatoms. The Labute approximate surface area is 181 Å². The van der Waals surface area contributed by atoms with E-state index in [0.717, 1.165) is 29.7 Å². The van der Waals surface area contributed by atoms with Crippen LogP contribution in [0.4, 0.5) is 15.8 Å². The van der Waals surface area contributed by atoms with Gasteiger partial charge in [-0.3, -0.25) is 9.10 Å². The number of hydrogen-bond donors (Lipinski definition) is 1. The van der Waals surface area contributed by atoms with Crippen LogP contribution in [0.15, 0.2) is 77.7 Å². The van der Waals surface area contributed by atoms with E-state index in [1.54, 1.807) is 36.4 Å². The summed E-state index contributed by atoms with van der Waals surface area (Å²) in [5, 5.41) is 2.55. The molecule has 31 heavy (non-hydrogen) atoms. The van der Waals surface area contributed by atoms with Crippen molar-refractivity contribution >= 4 is 27.3 Å². The molecule has 0 aliphatic carbocycles. The molecule has 0 fully saturated rings. The van der Waals surface area contributed by atoms with Crippen LogP contribution in [0, 0.1) is 5.82 Å². The average molecular weight is 439 g/mol. The number of carbonyl (C=O) groups is 1. The average Bonchev–Trinajstić information content (AvgIpc) is 2.79. The maximum Gasteiger partial charge on any atom is 0.264 e. The molecule has 0 saturated heterocycles. The van der Waals surface area contributed by atoms with Gasteiger partial charge < -0.3 is 5.32 Å². The molecule has 0 spiro atoms. The topological polar surface area (TPSA) is 66.5 Å². The molecule has 1 aliphatic heterocycles. The first-order valence-corrected chi connectivity index (χ1v) is 11.6. The van der Waals surface area contributed by atoms with E-state index < -0.39 is 15.8 Å². The first-order chi connectivity index (χ1) is 14.9. The standard InChI is InChI=1S/C24H23FN2O3S/c25-21-8-2-3-9-22(21)26-24(28)16-13-18-11-14-20(15-12-18)31(29,30)27-17-5-7-19-6-1-4-10-23(19)27/h1-4,6,8-12,14-15H,5,7,13,16-17H2,(H,26,28). The number of nitrogens with zero attached hydrogens (tertiary/aromatic N) is 1. The zero-order chi connectivity index (χ0) is 21.8. The lowest BCUT2D eigenvalue weighted by Gasteiger charge is -2.30. The van der Waals surface area contributed by atoms with Gasteiger partial charge in [0.05, 0.1) is 16.3 Å². The molecule has 0 unspecified atom stereocenters. The van der Waals surface area contributed by atoms with Gasteiger partial charge in [0.25, 0.3) is 10.0 Å². The second-order valence-corrected chi connectivity index (χ2v) is 9.34. The zero-order valence-electron chi connectivity index (χ0n) is 16.9. The summed E-state index contributed by atoms with van der Waals surface area (Å²) in [4.78, 5) is 12.3. The number of benzene rings is 3. The number of nitrogens with one attached hydrogen (secondary N) is 1. The summed E-state index contributed by atoms with van der Waals surface area (Å²) in [7, 11) is -3.66. The maximum atomic E-state index is 13.6. The Morgan fingerprint density at radius 2 is 1.68 bits per heavy atom. The molecule has 1 N–H and O–H groups in total. The molecule has 160 valence electrons. The van der Waals surface area contributed by atoms with Crippen molar-refractivity contribution < 1.29 is 17.6 Å². The van der Waals surface area contributed by atoms with E-state index in [4.69, 9.17) is 0 Å². The van der Waals surface area contributed by atoms with Crippen LogP contribution in [0.1, 0.15) is 24.0 Å². The van der Waals surface area contributed by atoms with Crippen molar-refractivity contribution in [1.82, 2.24) is 0 Å². The maximum absolute atomic E-state index is 13.6. The SMILES string of the molecule is O=C(CCc1ccc(S(=O)(=O)N2CCCc3ccccc32)cc1)Nc1ccccc1F. The monoisotopic (exact) mass is 438 g/mol.